The van der Waals surface area contributed by atoms with Crippen LogP contribution in [0.2, 0.25) is 0 Å². The fourth-order valence-electron chi connectivity index (χ4n) is 1.54. The van der Waals surface area contributed by atoms with Crippen molar-refractivity contribution in [3.8, 4) is 0 Å². The van der Waals surface area contributed by atoms with Gasteiger partial charge >= 0.3 is 0 Å². The van der Waals surface area contributed by atoms with Gasteiger partial charge in [-0.1, -0.05) is 22.6 Å². The third-order valence-electron chi connectivity index (χ3n) is 2.20. The minimum absolute atomic E-state index is 1.04. The lowest BCUT2D eigenvalue weighted by Gasteiger charge is -2.21. The topological polar surface area (TPSA) is 12.0 Å². The summed E-state index contributed by atoms with van der Waals surface area (Å²) in [7, 11) is 0. The van der Waals surface area contributed by atoms with Gasteiger partial charge in [-0.2, -0.15) is 0 Å². The number of nitrogens with one attached hydrogen (secondary N) is 1. The van der Waals surface area contributed by atoms with Gasteiger partial charge in [-0.25, -0.2) is 0 Å². The summed E-state index contributed by atoms with van der Waals surface area (Å²) in [5.74, 6) is 1.04. The van der Waals surface area contributed by atoms with Crippen LogP contribution in [0.1, 0.15) is 25.7 Å². The predicted molar refractivity (Wildman–Crippen MR) is 53.7 cm³/mol. The number of alkyl halides is 1. The van der Waals surface area contributed by atoms with E-state index in [2.05, 4.69) is 27.9 Å². The first kappa shape index (κ1) is 8.78. The van der Waals surface area contributed by atoms with Gasteiger partial charge in [0.1, 0.15) is 0 Å². The minimum atomic E-state index is 1.04. The van der Waals surface area contributed by atoms with Crippen LogP contribution in [-0.2, 0) is 0 Å². The fraction of sp³-hybridized carbons (Fsp3) is 1.00. The molecule has 0 aliphatic carbocycles. The van der Waals surface area contributed by atoms with Gasteiger partial charge in [0.15, 0.2) is 0 Å². The van der Waals surface area contributed by atoms with Crippen molar-refractivity contribution in [2.75, 3.05) is 17.5 Å². The minimum Gasteiger partial charge on any atom is -0.317 e. The molecule has 1 N–H and O–H groups in total. The fourth-order valence-corrected chi connectivity index (χ4v) is 1.98. The Morgan fingerprint density at radius 3 is 2.60 bits per heavy atom. The number of hydrogen-bond acceptors (Lipinski definition) is 1. The molecular formula is C8H16IN. The maximum Gasteiger partial charge on any atom is -0.000463 e. The van der Waals surface area contributed by atoms with Gasteiger partial charge in [0.2, 0.25) is 0 Å². The summed E-state index contributed by atoms with van der Waals surface area (Å²) in [6.07, 6.45) is 5.71. The molecule has 0 spiro atoms. The maximum absolute atomic E-state index is 3.39. The average molecular weight is 253 g/mol. The number of rotatable bonds is 3. The molecule has 1 aliphatic heterocycles. The van der Waals surface area contributed by atoms with Crippen LogP contribution in [0.4, 0.5) is 0 Å². The van der Waals surface area contributed by atoms with Crippen LogP contribution < -0.4 is 5.32 Å². The Bertz CT molecular complexity index is 79.3. The first-order chi connectivity index (χ1) is 4.93. The van der Waals surface area contributed by atoms with Crippen molar-refractivity contribution in [3.63, 3.8) is 0 Å². The second kappa shape index (κ2) is 5.35. The molecule has 2 heteroatoms. The summed E-state index contributed by atoms with van der Waals surface area (Å²) < 4.78 is 1.34. The van der Waals surface area contributed by atoms with Crippen LogP contribution in [0.25, 0.3) is 0 Å². The highest BCUT2D eigenvalue weighted by molar-refractivity contribution is 14.1. The molecule has 0 amide bonds. The van der Waals surface area contributed by atoms with E-state index < -0.39 is 0 Å². The second-order valence-electron chi connectivity index (χ2n) is 3.02. The van der Waals surface area contributed by atoms with Crippen LogP contribution >= 0.6 is 22.6 Å². The SMILES string of the molecule is ICCCC1CCNCC1. The zero-order valence-electron chi connectivity index (χ0n) is 6.41. The molecule has 1 nitrogen and oxygen atoms in total. The lowest BCUT2D eigenvalue weighted by Crippen LogP contribution is -2.27. The Morgan fingerprint density at radius 2 is 2.00 bits per heavy atom. The highest BCUT2D eigenvalue weighted by Gasteiger charge is 2.11. The van der Waals surface area contributed by atoms with Gasteiger partial charge in [0.05, 0.1) is 0 Å². The van der Waals surface area contributed by atoms with Crippen LogP contribution in [0, 0.1) is 5.92 Å². The normalized spacial score (nSPS) is 21.3. The highest BCUT2D eigenvalue weighted by Crippen LogP contribution is 2.17. The molecule has 10 heavy (non-hydrogen) atoms. The van der Waals surface area contributed by atoms with Gasteiger partial charge < -0.3 is 5.32 Å². The monoisotopic (exact) mass is 253 g/mol. The zero-order valence-corrected chi connectivity index (χ0v) is 8.56. The van der Waals surface area contributed by atoms with E-state index in [1.165, 1.54) is 43.2 Å². The molecular weight excluding hydrogens is 237 g/mol. The quantitative estimate of drug-likeness (QED) is 0.600. The average Bonchev–Trinajstić information content (AvgIpc) is 2.03. The smallest absolute Gasteiger partial charge is 0.000463 e. The van der Waals surface area contributed by atoms with Crippen molar-refractivity contribution >= 4 is 22.6 Å². The predicted octanol–water partition coefficient (Wildman–Crippen LogP) is 2.20. The van der Waals surface area contributed by atoms with Crippen molar-refractivity contribution < 1.29 is 0 Å². The second-order valence-corrected chi connectivity index (χ2v) is 4.10. The highest BCUT2D eigenvalue weighted by atomic mass is 127. The zero-order chi connectivity index (χ0) is 7.23. The van der Waals surface area contributed by atoms with E-state index in [0.29, 0.717) is 0 Å². The van der Waals surface area contributed by atoms with E-state index in [1.807, 2.05) is 0 Å². The van der Waals surface area contributed by atoms with Gasteiger partial charge in [-0.3, -0.25) is 0 Å². The third kappa shape index (κ3) is 3.19. The Morgan fingerprint density at radius 1 is 1.30 bits per heavy atom. The van der Waals surface area contributed by atoms with E-state index in [0.717, 1.165) is 5.92 Å². The summed E-state index contributed by atoms with van der Waals surface area (Å²) in [4.78, 5) is 0. The largest absolute Gasteiger partial charge is 0.317 e. The Hall–Kier alpha value is 0.690. The van der Waals surface area contributed by atoms with E-state index in [4.69, 9.17) is 0 Å². The van der Waals surface area contributed by atoms with Crippen molar-refractivity contribution in [2.24, 2.45) is 5.92 Å². The first-order valence-corrected chi connectivity index (χ1v) is 5.72. The molecule has 1 fully saturated rings. The standard InChI is InChI=1S/C8H16IN/c9-5-1-2-8-3-6-10-7-4-8/h8,10H,1-7H2. The summed E-state index contributed by atoms with van der Waals surface area (Å²) in [6.45, 7) is 2.51. The van der Waals surface area contributed by atoms with Crippen molar-refractivity contribution in [1.82, 2.24) is 5.32 Å². The molecule has 1 rings (SSSR count). The van der Waals surface area contributed by atoms with Crippen LogP contribution in [0.15, 0.2) is 0 Å². The van der Waals surface area contributed by atoms with E-state index in [1.54, 1.807) is 0 Å². The molecule has 1 heterocycles. The molecule has 1 aliphatic rings. The number of piperidine rings is 1. The molecule has 0 radical (unpaired) electrons. The molecule has 0 aromatic carbocycles. The molecule has 0 aromatic rings. The van der Waals surface area contributed by atoms with E-state index >= 15 is 0 Å². The van der Waals surface area contributed by atoms with E-state index in [9.17, 15) is 0 Å². The number of hydrogen-bond donors (Lipinski definition) is 1. The van der Waals surface area contributed by atoms with Gasteiger partial charge in [0.25, 0.3) is 0 Å². The first-order valence-electron chi connectivity index (χ1n) is 4.20. The molecule has 0 aromatic heterocycles. The van der Waals surface area contributed by atoms with Gasteiger partial charge in [0, 0.05) is 0 Å². The molecule has 0 unspecified atom stereocenters. The van der Waals surface area contributed by atoms with E-state index in [-0.39, 0.29) is 0 Å². The van der Waals surface area contributed by atoms with Crippen LogP contribution in [0.5, 0.6) is 0 Å². The molecule has 0 bridgehead atoms. The molecule has 1 saturated heterocycles. The maximum atomic E-state index is 3.39. The number of halogens is 1. The van der Waals surface area contributed by atoms with Gasteiger partial charge in [-0.05, 0) is 49.1 Å². The molecule has 0 saturated carbocycles. The van der Waals surface area contributed by atoms with Crippen molar-refractivity contribution in [3.05, 3.63) is 0 Å². The summed E-state index contributed by atoms with van der Waals surface area (Å²) in [6, 6.07) is 0. The van der Waals surface area contributed by atoms with Crippen molar-refractivity contribution in [2.45, 2.75) is 25.7 Å². The molecule has 0 atom stereocenters. The van der Waals surface area contributed by atoms with Crippen LogP contribution in [-0.4, -0.2) is 17.5 Å². The summed E-state index contributed by atoms with van der Waals surface area (Å²) >= 11 is 2.47. The summed E-state index contributed by atoms with van der Waals surface area (Å²) in [5.41, 5.74) is 0. The Labute approximate surface area is 77.1 Å². The Balaban J connectivity index is 2.02. The summed E-state index contributed by atoms with van der Waals surface area (Å²) in [5, 5.41) is 3.39. The van der Waals surface area contributed by atoms with Crippen LogP contribution in [0.3, 0.4) is 0 Å². The Kier molecular flexibility index (Phi) is 4.70. The van der Waals surface area contributed by atoms with Gasteiger partial charge in [-0.15, -0.1) is 0 Å². The third-order valence-corrected chi connectivity index (χ3v) is 2.97. The van der Waals surface area contributed by atoms with Crippen molar-refractivity contribution in [1.29, 1.82) is 0 Å². The lowest BCUT2D eigenvalue weighted by atomic mass is 9.94. The lowest BCUT2D eigenvalue weighted by molar-refractivity contribution is 0.353. The molecule has 60 valence electrons.